The maximum Gasteiger partial charge on any atom is 0.105 e. The number of nitrogens with zero attached hydrogens (tertiary/aromatic N) is 1. The molecule has 0 saturated heterocycles. The summed E-state index contributed by atoms with van der Waals surface area (Å²) < 4.78 is 0.879. The van der Waals surface area contributed by atoms with E-state index in [9.17, 15) is 0 Å². The van der Waals surface area contributed by atoms with Crippen molar-refractivity contribution >= 4 is 23.2 Å². The highest BCUT2D eigenvalue weighted by molar-refractivity contribution is 6.42. The molecular weight excluding hydrogens is 385 g/mol. The van der Waals surface area contributed by atoms with Gasteiger partial charge in [0.15, 0.2) is 0 Å². The molecule has 26 heavy (non-hydrogen) atoms. The number of benzene rings is 1. The molecule has 0 bridgehead atoms. The minimum atomic E-state index is 0. The van der Waals surface area contributed by atoms with Crippen LogP contribution in [0.15, 0.2) is 42.0 Å². The first-order chi connectivity index (χ1) is 11.5. The molecule has 0 heterocycles. The van der Waals surface area contributed by atoms with Crippen molar-refractivity contribution in [1.29, 1.82) is 0 Å². The summed E-state index contributed by atoms with van der Waals surface area (Å²) in [5.74, 6) is 0.536. The van der Waals surface area contributed by atoms with E-state index < -0.39 is 0 Å². The average molecular weight is 417 g/mol. The number of likely N-dealkylation sites (N-methyl/N-ethyl adjacent to an activating group) is 1. The number of allylic oxidation sites excluding steroid dienone is 3. The molecule has 0 amide bonds. The number of halogens is 3. The summed E-state index contributed by atoms with van der Waals surface area (Å²) in [6.07, 6.45) is 9.70. The van der Waals surface area contributed by atoms with Gasteiger partial charge in [-0.25, -0.2) is 0 Å². The van der Waals surface area contributed by atoms with Crippen molar-refractivity contribution in [3.05, 3.63) is 57.6 Å². The van der Waals surface area contributed by atoms with Gasteiger partial charge < -0.3 is 16.9 Å². The molecule has 1 aliphatic rings. The van der Waals surface area contributed by atoms with Crippen LogP contribution in [0.5, 0.6) is 0 Å². The lowest BCUT2D eigenvalue weighted by Crippen LogP contribution is -3.00. The van der Waals surface area contributed by atoms with Crippen molar-refractivity contribution in [1.82, 2.24) is 0 Å². The van der Waals surface area contributed by atoms with Crippen molar-refractivity contribution in [2.45, 2.75) is 53.1 Å². The van der Waals surface area contributed by atoms with Gasteiger partial charge in [0, 0.05) is 11.5 Å². The number of hydrogen-bond acceptors (Lipinski definition) is 0. The third kappa shape index (κ3) is 5.76. The predicted octanol–water partition coefficient (Wildman–Crippen LogP) is 3.90. The van der Waals surface area contributed by atoms with Gasteiger partial charge in [0.25, 0.3) is 0 Å². The zero-order valence-electron chi connectivity index (χ0n) is 16.8. The molecule has 0 saturated carbocycles. The average Bonchev–Trinajstić information content (AvgIpc) is 2.49. The van der Waals surface area contributed by atoms with Gasteiger partial charge in [0.1, 0.15) is 12.6 Å². The topological polar surface area (TPSA) is 0 Å². The van der Waals surface area contributed by atoms with Crippen LogP contribution < -0.4 is 12.4 Å². The second-order valence-electron chi connectivity index (χ2n) is 8.76. The SMILES string of the molecule is CC1=CCCC(C)(C)C1/C=C/C(C)[N+](C)(C)Cc1ccc(Cl)c(Cl)c1.[Cl-]. The first-order valence-corrected chi connectivity index (χ1v) is 9.90. The van der Waals surface area contributed by atoms with Crippen molar-refractivity contribution in [3.8, 4) is 0 Å². The van der Waals surface area contributed by atoms with Crippen LogP contribution in [0.1, 0.15) is 46.1 Å². The lowest BCUT2D eigenvalue weighted by Gasteiger charge is -2.38. The summed E-state index contributed by atoms with van der Waals surface area (Å²) in [4.78, 5) is 0. The second-order valence-corrected chi connectivity index (χ2v) is 9.58. The highest BCUT2D eigenvalue weighted by Crippen LogP contribution is 2.41. The van der Waals surface area contributed by atoms with Crippen LogP contribution in [0.4, 0.5) is 0 Å². The minimum Gasteiger partial charge on any atom is -1.00 e. The summed E-state index contributed by atoms with van der Waals surface area (Å²) in [6, 6.07) is 6.36. The zero-order chi connectivity index (χ0) is 18.8. The van der Waals surface area contributed by atoms with E-state index in [4.69, 9.17) is 23.2 Å². The maximum absolute atomic E-state index is 6.17. The normalized spacial score (nSPS) is 21.2. The Morgan fingerprint density at radius 3 is 2.46 bits per heavy atom. The first-order valence-electron chi connectivity index (χ1n) is 9.14. The van der Waals surface area contributed by atoms with Gasteiger partial charge in [0.05, 0.1) is 24.1 Å². The zero-order valence-corrected chi connectivity index (χ0v) is 19.1. The van der Waals surface area contributed by atoms with Gasteiger partial charge in [-0.15, -0.1) is 0 Å². The van der Waals surface area contributed by atoms with E-state index >= 15 is 0 Å². The van der Waals surface area contributed by atoms with Gasteiger partial charge in [-0.1, -0.05) is 60.8 Å². The number of quaternary nitrogens is 1. The summed E-state index contributed by atoms with van der Waals surface area (Å²) in [5, 5.41) is 1.25. The van der Waals surface area contributed by atoms with Crippen molar-refractivity contribution in [3.63, 3.8) is 0 Å². The highest BCUT2D eigenvalue weighted by atomic mass is 35.5. The molecule has 0 fully saturated rings. The minimum absolute atomic E-state index is 0. The Morgan fingerprint density at radius 1 is 1.23 bits per heavy atom. The van der Waals surface area contributed by atoms with Crippen LogP contribution in [0, 0.1) is 11.3 Å². The highest BCUT2D eigenvalue weighted by Gasteiger charge is 2.31. The molecule has 1 aromatic carbocycles. The summed E-state index contributed by atoms with van der Waals surface area (Å²) in [6.45, 7) is 10.3. The van der Waals surface area contributed by atoms with Crippen LogP contribution in [0.3, 0.4) is 0 Å². The van der Waals surface area contributed by atoms with Crippen molar-refractivity contribution in [2.75, 3.05) is 14.1 Å². The molecule has 146 valence electrons. The molecule has 1 aliphatic carbocycles. The Morgan fingerprint density at radius 2 is 1.88 bits per heavy atom. The fourth-order valence-corrected chi connectivity index (χ4v) is 4.06. The van der Waals surface area contributed by atoms with Crippen LogP contribution in [-0.4, -0.2) is 24.6 Å². The monoisotopic (exact) mass is 415 g/mol. The molecule has 1 aromatic rings. The Hall–Kier alpha value is -0.470. The van der Waals surface area contributed by atoms with E-state index in [1.54, 1.807) is 0 Å². The molecule has 2 rings (SSSR count). The molecule has 0 radical (unpaired) electrons. The van der Waals surface area contributed by atoms with Gasteiger partial charge in [-0.2, -0.15) is 0 Å². The van der Waals surface area contributed by atoms with Gasteiger partial charge >= 0.3 is 0 Å². The predicted molar refractivity (Wildman–Crippen MR) is 111 cm³/mol. The third-order valence-corrected chi connectivity index (χ3v) is 6.59. The van der Waals surface area contributed by atoms with E-state index in [2.05, 4.69) is 66.1 Å². The molecule has 2 atom stereocenters. The van der Waals surface area contributed by atoms with E-state index in [0.29, 0.717) is 27.4 Å². The number of rotatable bonds is 5. The molecule has 0 N–H and O–H groups in total. The summed E-state index contributed by atoms with van der Waals surface area (Å²) in [5.41, 5.74) is 3.07. The summed E-state index contributed by atoms with van der Waals surface area (Å²) >= 11 is 12.2. The molecule has 1 nitrogen and oxygen atoms in total. The molecular formula is C22H32Cl3N. The Bertz CT molecular complexity index is 674. The van der Waals surface area contributed by atoms with Crippen molar-refractivity contribution < 1.29 is 16.9 Å². The standard InChI is InChI=1S/C22H32Cl2N.ClH/c1-16-8-7-13-22(3,4)19(16)11-9-17(2)25(5,6)15-18-10-12-20(23)21(24)14-18;/h8-12,14,17,19H,7,13,15H2,1-6H3;1H/q+1;/p-1/b11-9+;. The lowest BCUT2D eigenvalue weighted by molar-refractivity contribution is -0.919. The fourth-order valence-electron chi connectivity index (χ4n) is 3.74. The van der Waals surface area contributed by atoms with Crippen molar-refractivity contribution in [2.24, 2.45) is 11.3 Å². The summed E-state index contributed by atoms with van der Waals surface area (Å²) in [7, 11) is 4.54. The van der Waals surface area contributed by atoms with E-state index in [0.717, 1.165) is 11.0 Å². The Kier molecular flexibility index (Phi) is 8.29. The first kappa shape index (κ1) is 23.6. The molecule has 0 aliphatic heterocycles. The fraction of sp³-hybridized carbons (Fsp3) is 0.545. The van der Waals surface area contributed by atoms with E-state index in [-0.39, 0.29) is 12.4 Å². The third-order valence-electron chi connectivity index (χ3n) is 5.85. The van der Waals surface area contributed by atoms with Gasteiger partial charge in [-0.05, 0) is 50.3 Å². The van der Waals surface area contributed by atoms with Gasteiger partial charge in [0.2, 0.25) is 0 Å². The van der Waals surface area contributed by atoms with E-state index in [1.807, 2.05) is 12.1 Å². The largest absolute Gasteiger partial charge is 1.00 e. The lowest BCUT2D eigenvalue weighted by atomic mass is 9.68. The molecule has 2 unspecified atom stereocenters. The van der Waals surface area contributed by atoms with Crippen LogP contribution in [0.2, 0.25) is 10.0 Å². The Labute approximate surface area is 176 Å². The van der Waals surface area contributed by atoms with E-state index in [1.165, 1.54) is 24.0 Å². The van der Waals surface area contributed by atoms with Gasteiger partial charge in [-0.3, -0.25) is 0 Å². The Balaban J connectivity index is 0.00000338. The molecule has 0 spiro atoms. The molecule has 4 heteroatoms. The van der Waals surface area contributed by atoms with Crippen LogP contribution in [0.25, 0.3) is 0 Å². The second kappa shape index (κ2) is 9.15. The smallest absolute Gasteiger partial charge is 0.105 e. The van der Waals surface area contributed by atoms with Crippen LogP contribution >= 0.6 is 23.2 Å². The number of hydrogen-bond donors (Lipinski definition) is 0. The quantitative estimate of drug-likeness (QED) is 0.504. The molecule has 0 aromatic heterocycles. The maximum atomic E-state index is 6.17. The van der Waals surface area contributed by atoms with Crippen LogP contribution in [-0.2, 0) is 6.54 Å².